The molecule has 38 heavy (non-hydrogen) atoms. The fraction of sp³-hybridized carbons (Fsp3) is 0.536. The maximum atomic E-state index is 14.0. The zero-order chi connectivity index (χ0) is 27.9. The van der Waals surface area contributed by atoms with Crippen LogP contribution in [0, 0.1) is 17.5 Å². The van der Waals surface area contributed by atoms with Crippen molar-refractivity contribution in [3.05, 3.63) is 64.4 Å². The van der Waals surface area contributed by atoms with Crippen molar-refractivity contribution in [1.29, 1.82) is 0 Å². The molecule has 0 spiro atoms. The topological polar surface area (TPSA) is 59.6 Å². The average Bonchev–Trinajstić information content (AvgIpc) is 2.77. The molecule has 10 heteroatoms. The molecule has 5 rings (SSSR count). The Hall–Kier alpha value is -2.07. The number of carbonyl (C=O) groups excluding carboxylic acids is 1. The first-order chi connectivity index (χ1) is 17.6. The predicted molar refractivity (Wildman–Crippen MR) is 144 cm³/mol. The fourth-order valence-electron chi connectivity index (χ4n) is 5.16. The third-order valence-corrected chi connectivity index (χ3v) is 13.0. The number of halogens is 4. The molecule has 3 aliphatic rings. The minimum atomic E-state index is -2.16. The predicted octanol–water partition coefficient (Wildman–Crippen LogP) is 6.67. The van der Waals surface area contributed by atoms with Crippen molar-refractivity contribution in [2.75, 3.05) is 13.2 Å². The third-order valence-electron chi connectivity index (χ3n) is 8.16. The molecule has 1 amide bonds. The second-order valence-corrected chi connectivity index (χ2v) is 17.4. The summed E-state index contributed by atoms with van der Waals surface area (Å²) in [6, 6.07) is 8.04. The van der Waals surface area contributed by atoms with Crippen molar-refractivity contribution in [3.63, 3.8) is 0 Å². The molecule has 3 saturated carbocycles. The Balaban J connectivity index is 1.27. The van der Waals surface area contributed by atoms with Gasteiger partial charge in [-0.05, 0) is 80.2 Å². The molecule has 0 aromatic heterocycles. The van der Waals surface area contributed by atoms with Gasteiger partial charge < -0.3 is 19.8 Å². The van der Waals surface area contributed by atoms with Gasteiger partial charge in [-0.2, -0.15) is 0 Å². The maximum Gasteiger partial charge on any atom is 0.258 e. The fourth-order valence-corrected chi connectivity index (χ4v) is 6.60. The molecule has 208 valence electrons. The molecular weight excluding hydrogens is 533 g/mol. The van der Waals surface area contributed by atoms with Crippen LogP contribution in [0.2, 0.25) is 23.2 Å². The Labute approximate surface area is 228 Å². The van der Waals surface area contributed by atoms with Gasteiger partial charge >= 0.3 is 0 Å². The van der Waals surface area contributed by atoms with Crippen LogP contribution in [-0.4, -0.2) is 38.5 Å². The quantitative estimate of drug-likeness (QED) is 0.297. The molecule has 0 aliphatic heterocycles. The van der Waals surface area contributed by atoms with E-state index >= 15 is 0 Å². The second-order valence-electron chi connectivity index (χ2n) is 12.3. The highest BCUT2D eigenvalue weighted by atomic mass is 35.5. The first-order valence-corrected chi connectivity index (χ1v) is 16.2. The van der Waals surface area contributed by atoms with Crippen LogP contribution in [0.25, 0.3) is 0 Å². The number of amides is 1. The Kier molecular flexibility index (Phi) is 7.98. The number of nitrogens with one attached hydrogen (secondary N) is 2. The number of hydrogen-bond donors (Lipinski definition) is 2. The lowest BCUT2D eigenvalue weighted by molar-refractivity contribution is -0.143. The van der Waals surface area contributed by atoms with E-state index in [1.54, 1.807) is 6.07 Å². The Morgan fingerprint density at radius 2 is 1.71 bits per heavy atom. The summed E-state index contributed by atoms with van der Waals surface area (Å²) in [5, 5.41) is 6.62. The van der Waals surface area contributed by atoms with Gasteiger partial charge in [-0.3, -0.25) is 4.79 Å². The summed E-state index contributed by atoms with van der Waals surface area (Å²) >= 11 is 5.67. The van der Waals surface area contributed by atoms with Crippen molar-refractivity contribution >= 4 is 25.8 Å². The van der Waals surface area contributed by atoms with Crippen LogP contribution in [0.3, 0.4) is 0 Å². The minimum absolute atomic E-state index is 0.00355. The average molecular weight is 569 g/mol. The summed E-state index contributed by atoms with van der Waals surface area (Å²) in [6.07, 6.45) is 2.68. The van der Waals surface area contributed by atoms with E-state index in [4.69, 9.17) is 20.8 Å². The van der Waals surface area contributed by atoms with Crippen molar-refractivity contribution in [2.24, 2.45) is 0 Å². The highest BCUT2D eigenvalue weighted by Crippen LogP contribution is 2.60. The van der Waals surface area contributed by atoms with Crippen LogP contribution in [-0.2, 0) is 9.22 Å². The van der Waals surface area contributed by atoms with Gasteiger partial charge in [0.25, 0.3) is 5.91 Å². The summed E-state index contributed by atoms with van der Waals surface area (Å²) in [4.78, 5) is 12.4. The second kappa shape index (κ2) is 10.5. The first kappa shape index (κ1) is 28.9. The van der Waals surface area contributed by atoms with Crippen LogP contribution in [0.5, 0.6) is 5.75 Å². The third kappa shape index (κ3) is 6.22. The van der Waals surface area contributed by atoms with Gasteiger partial charge in [-0.15, -0.1) is 0 Å². The van der Waals surface area contributed by atoms with E-state index in [0.717, 1.165) is 31.4 Å². The molecule has 2 bridgehead atoms. The van der Waals surface area contributed by atoms with E-state index < -0.39 is 25.8 Å². The van der Waals surface area contributed by atoms with Gasteiger partial charge in [0, 0.05) is 17.1 Å². The van der Waals surface area contributed by atoms with E-state index in [-0.39, 0.29) is 45.5 Å². The molecule has 0 unspecified atom stereocenters. The Morgan fingerprint density at radius 1 is 1.03 bits per heavy atom. The van der Waals surface area contributed by atoms with E-state index in [0.29, 0.717) is 18.5 Å². The van der Waals surface area contributed by atoms with Gasteiger partial charge in [-0.1, -0.05) is 38.4 Å². The molecule has 3 fully saturated rings. The van der Waals surface area contributed by atoms with Gasteiger partial charge in [-0.25, -0.2) is 13.2 Å². The number of benzene rings is 2. The summed E-state index contributed by atoms with van der Waals surface area (Å²) < 4.78 is 53.1. The summed E-state index contributed by atoms with van der Waals surface area (Å²) in [5.41, 5.74) is 0.358. The highest BCUT2D eigenvalue weighted by molar-refractivity contribution is 6.74. The molecule has 0 heterocycles. The molecule has 2 aromatic carbocycles. The van der Waals surface area contributed by atoms with Crippen LogP contribution in [0.15, 0.2) is 36.4 Å². The normalized spacial score (nSPS) is 23.3. The van der Waals surface area contributed by atoms with E-state index in [9.17, 15) is 18.0 Å². The number of carbonyl (C=O) groups is 1. The lowest BCUT2D eigenvalue weighted by Crippen LogP contribution is -2.83. The lowest BCUT2D eigenvalue weighted by atomic mass is 9.44. The zero-order valence-corrected chi connectivity index (χ0v) is 24.3. The Morgan fingerprint density at radius 3 is 2.32 bits per heavy atom. The Bertz CT molecular complexity index is 1180. The number of ether oxygens (including phenoxy) is 1. The summed E-state index contributed by atoms with van der Waals surface area (Å²) in [5.74, 6) is -2.35. The molecule has 2 N–H and O–H groups in total. The molecule has 3 aliphatic carbocycles. The SMILES string of the molecule is CC(C)(C)[Si](C)(C)O[C@@H](CCNC12CC(NC(=O)COc3ccc(Cl)c(F)c3)(C1)C2)c1ccc(F)c(F)c1. The summed E-state index contributed by atoms with van der Waals surface area (Å²) in [7, 11) is -2.16. The van der Waals surface area contributed by atoms with Crippen LogP contribution < -0.4 is 15.4 Å². The van der Waals surface area contributed by atoms with Crippen LogP contribution in [0.4, 0.5) is 13.2 Å². The largest absolute Gasteiger partial charge is 0.484 e. The van der Waals surface area contributed by atoms with Crippen LogP contribution >= 0.6 is 11.6 Å². The maximum absolute atomic E-state index is 14.0. The van der Waals surface area contributed by atoms with E-state index in [2.05, 4.69) is 44.5 Å². The molecule has 0 saturated heterocycles. The zero-order valence-electron chi connectivity index (χ0n) is 22.5. The monoisotopic (exact) mass is 568 g/mol. The van der Waals surface area contributed by atoms with Crippen molar-refractivity contribution in [1.82, 2.24) is 10.6 Å². The van der Waals surface area contributed by atoms with Gasteiger partial charge in [0.05, 0.1) is 11.1 Å². The molecule has 2 aromatic rings. The smallest absolute Gasteiger partial charge is 0.258 e. The van der Waals surface area contributed by atoms with Crippen molar-refractivity contribution in [3.8, 4) is 5.75 Å². The van der Waals surface area contributed by atoms with Gasteiger partial charge in [0.1, 0.15) is 11.6 Å². The number of rotatable bonds is 11. The van der Waals surface area contributed by atoms with E-state index in [1.165, 1.54) is 18.2 Å². The molecular formula is C28H36ClF3N2O3Si. The number of hydrogen-bond acceptors (Lipinski definition) is 4. The van der Waals surface area contributed by atoms with Crippen molar-refractivity contribution < 1.29 is 27.1 Å². The molecule has 1 atom stereocenters. The minimum Gasteiger partial charge on any atom is -0.484 e. The van der Waals surface area contributed by atoms with Gasteiger partial charge in [0.2, 0.25) is 0 Å². The molecule has 5 nitrogen and oxygen atoms in total. The van der Waals surface area contributed by atoms with Crippen molar-refractivity contribution in [2.45, 2.75) is 81.8 Å². The summed E-state index contributed by atoms with van der Waals surface area (Å²) in [6.45, 7) is 11.2. The first-order valence-electron chi connectivity index (χ1n) is 12.9. The van der Waals surface area contributed by atoms with E-state index in [1.807, 2.05) is 0 Å². The van der Waals surface area contributed by atoms with Crippen LogP contribution in [0.1, 0.15) is 58.1 Å². The van der Waals surface area contributed by atoms with Gasteiger partial charge in [0.15, 0.2) is 26.6 Å². The highest BCUT2D eigenvalue weighted by Gasteiger charge is 2.68. The standard InChI is InChI=1S/C28H36ClF3N2O3Si/c1-26(2,3)38(4,5)37-24(18-6-9-21(30)23(32)12-18)10-11-33-27-15-28(16-27,17-27)34-25(35)14-36-19-7-8-20(29)22(31)13-19/h6-9,12-13,24,33H,10-11,14-17H2,1-5H3,(H,34,35)/t24-,27?,28?/m0/s1. The lowest BCUT2D eigenvalue weighted by Gasteiger charge is -2.70. The molecule has 0 radical (unpaired) electrons.